The summed E-state index contributed by atoms with van der Waals surface area (Å²) in [5, 5.41) is 16.2. The van der Waals surface area contributed by atoms with E-state index in [9.17, 15) is 4.79 Å². The molecule has 0 radical (unpaired) electrons. The molecular weight excluding hydrogens is 348 g/mol. The molecule has 4 rings (SSSR count). The molecule has 2 N–H and O–H groups in total. The van der Waals surface area contributed by atoms with E-state index in [1.54, 1.807) is 12.3 Å². The Hall–Kier alpha value is -3.36. The maximum absolute atomic E-state index is 11.1. The molecule has 27 heavy (non-hydrogen) atoms. The Bertz CT molecular complexity index is 952. The largest absolute Gasteiger partial charge is 0.478 e. The van der Waals surface area contributed by atoms with Crippen molar-refractivity contribution in [3.63, 3.8) is 0 Å². The molecule has 0 aliphatic heterocycles. The third-order valence-corrected chi connectivity index (χ3v) is 4.52. The Morgan fingerprint density at radius 2 is 1.96 bits per heavy atom. The summed E-state index contributed by atoms with van der Waals surface area (Å²) in [5.41, 5.74) is 1.14. The quantitative estimate of drug-likeness (QED) is 0.677. The monoisotopic (exact) mass is 366 g/mol. The van der Waals surface area contributed by atoms with Crippen molar-refractivity contribution in [1.82, 2.24) is 25.1 Å². The fourth-order valence-electron chi connectivity index (χ4n) is 3.13. The van der Waals surface area contributed by atoms with Crippen molar-refractivity contribution in [2.75, 3.05) is 5.32 Å². The van der Waals surface area contributed by atoms with E-state index in [4.69, 9.17) is 9.63 Å². The van der Waals surface area contributed by atoms with E-state index in [1.807, 2.05) is 0 Å². The zero-order chi connectivity index (χ0) is 18.6. The molecule has 0 amide bonds. The second kappa shape index (κ2) is 7.48. The number of nitrogens with one attached hydrogen (secondary N) is 1. The second-order valence-electron chi connectivity index (χ2n) is 6.38. The Labute approximate surface area is 154 Å². The van der Waals surface area contributed by atoms with Crippen molar-refractivity contribution in [3.05, 3.63) is 47.9 Å². The lowest BCUT2D eigenvalue weighted by atomic mass is 10.1. The van der Waals surface area contributed by atoms with Crippen molar-refractivity contribution in [2.24, 2.45) is 0 Å². The van der Waals surface area contributed by atoms with Gasteiger partial charge in [-0.3, -0.25) is 4.98 Å². The first-order valence-electron chi connectivity index (χ1n) is 8.78. The van der Waals surface area contributed by atoms with Crippen molar-refractivity contribution >= 4 is 11.9 Å². The predicted molar refractivity (Wildman–Crippen MR) is 95.1 cm³/mol. The van der Waals surface area contributed by atoms with E-state index in [0.717, 1.165) is 12.8 Å². The van der Waals surface area contributed by atoms with Crippen LogP contribution in [0.15, 0.2) is 35.1 Å². The molecular formula is C18H18N6O3. The van der Waals surface area contributed by atoms with Gasteiger partial charge in [0.05, 0.1) is 23.5 Å². The van der Waals surface area contributed by atoms with Gasteiger partial charge in [0.2, 0.25) is 11.8 Å². The molecule has 3 heterocycles. The van der Waals surface area contributed by atoms with Crippen molar-refractivity contribution in [2.45, 2.75) is 38.1 Å². The molecule has 0 spiro atoms. The summed E-state index contributed by atoms with van der Waals surface area (Å²) < 4.78 is 5.36. The molecule has 0 bridgehead atoms. The Kier molecular flexibility index (Phi) is 4.73. The fraction of sp³-hybridized carbons (Fsp3) is 0.333. The molecule has 3 aromatic rings. The van der Waals surface area contributed by atoms with Crippen LogP contribution in [0.5, 0.6) is 0 Å². The van der Waals surface area contributed by atoms with Gasteiger partial charge in [0.1, 0.15) is 0 Å². The maximum Gasteiger partial charge on any atom is 0.335 e. The molecule has 1 fully saturated rings. The van der Waals surface area contributed by atoms with Gasteiger partial charge >= 0.3 is 5.97 Å². The summed E-state index contributed by atoms with van der Waals surface area (Å²) in [4.78, 5) is 28.3. The lowest BCUT2D eigenvalue weighted by molar-refractivity contribution is 0.0697. The van der Waals surface area contributed by atoms with Gasteiger partial charge in [-0.15, -0.1) is 0 Å². The van der Waals surface area contributed by atoms with Crippen LogP contribution < -0.4 is 5.32 Å². The van der Waals surface area contributed by atoms with Crippen LogP contribution in [0.4, 0.5) is 5.95 Å². The van der Waals surface area contributed by atoms with Crippen LogP contribution in [0.3, 0.4) is 0 Å². The van der Waals surface area contributed by atoms with Gasteiger partial charge in [0.25, 0.3) is 0 Å². The number of hydrogen-bond acceptors (Lipinski definition) is 8. The van der Waals surface area contributed by atoms with Gasteiger partial charge < -0.3 is 14.9 Å². The third-order valence-electron chi connectivity index (χ3n) is 4.52. The molecule has 9 heteroatoms. The number of nitrogens with zero attached hydrogens (tertiary/aromatic N) is 5. The summed E-state index contributed by atoms with van der Waals surface area (Å²) in [5.74, 6) is 0.993. The highest BCUT2D eigenvalue weighted by Crippen LogP contribution is 2.32. The third kappa shape index (κ3) is 3.91. The van der Waals surface area contributed by atoms with Gasteiger partial charge in [0.15, 0.2) is 5.82 Å². The van der Waals surface area contributed by atoms with Gasteiger partial charge in [0, 0.05) is 18.3 Å². The first kappa shape index (κ1) is 17.1. The van der Waals surface area contributed by atoms with Crippen LogP contribution in [0.25, 0.3) is 11.4 Å². The number of hydrogen-bond donors (Lipinski definition) is 2. The first-order chi connectivity index (χ1) is 13.2. The molecule has 0 saturated heterocycles. The first-order valence-corrected chi connectivity index (χ1v) is 8.78. The van der Waals surface area contributed by atoms with E-state index in [0.29, 0.717) is 41.5 Å². The van der Waals surface area contributed by atoms with E-state index in [-0.39, 0.29) is 5.56 Å². The van der Waals surface area contributed by atoms with Crippen molar-refractivity contribution in [3.8, 4) is 11.4 Å². The van der Waals surface area contributed by atoms with E-state index in [1.165, 1.54) is 31.2 Å². The van der Waals surface area contributed by atoms with Gasteiger partial charge in [-0.05, 0) is 31.0 Å². The average Bonchev–Trinajstić information content (AvgIpc) is 3.38. The second-order valence-corrected chi connectivity index (χ2v) is 6.38. The normalized spacial score (nSPS) is 14.4. The zero-order valence-electron chi connectivity index (χ0n) is 14.5. The number of carbonyl (C=O) groups is 1. The van der Waals surface area contributed by atoms with Gasteiger partial charge in [-0.2, -0.15) is 4.98 Å². The summed E-state index contributed by atoms with van der Waals surface area (Å²) in [7, 11) is 0. The van der Waals surface area contributed by atoms with Crippen LogP contribution in [0, 0.1) is 0 Å². The standard InChI is InChI=1S/C18H18N6O3/c25-17(26)12-5-7-19-14(9-12)13-6-8-20-18(22-13)21-10-15-23-16(27-24-15)11-3-1-2-4-11/h5-9,11H,1-4,10H2,(H,25,26)(H,20,21,22). The van der Waals surface area contributed by atoms with E-state index >= 15 is 0 Å². The molecule has 9 nitrogen and oxygen atoms in total. The minimum atomic E-state index is -1.01. The Morgan fingerprint density at radius 3 is 2.78 bits per heavy atom. The number of carboxylic acids is 1. The summed E-state index contributed by atoms with van der Waals surface area (Å²) >= 11 is 0. The molecule has 1 saturated carbocycles. The molecule has 1 aliphatic carbocycles. The smallest absolute Gasteiger partial charge is 0.335 e. The number of aromatic nitrogens is 5. The Balaban J connectivity index is 1.45. The minimum absolute atomic E-state index is 0.152. The maximum atomic E-state index is 11.1. The summed E-state index contributed by atoms with van der Waals surface area (Å²) in [6, 6.07) is 4.58. The highest BCUT2D eigenvalue weighted by Gasteiger charge is 2.22. The molecule has 1 aliphatic rings. The SMILES string of the molecule is O=C(O)c1ccnc(-c2ccnc(NCc3noc(C4CCCC4)n3)n2)c1. The van der Waals surface area contributed by atoms with Crippen molar-refractivity contribution in [1.29, 1.82) is 0 Å². The molecule has 0 aromatic carbocycles. The van der Waals surface area contributed by atoms with Crippen LogP contribution >= 0.6 is 0 Å². The Morgan fingerprint density at radius 1 is 1.15 bits per heavy atom. The number of carboxylic acid groups (broad SMARTS) is 1. The van der Waals surface area contributed by atoms with Gasteiger partial charge in [-0.1, -0.05) is 18.0 Å². The van der Waals surface area contributed by atoms with Crippen molar-refractivity contribution < 1.29 is 14.4 Å². The molecule has 0 unspecified atom stereocenters. The highest BCUT2D eigenvalue weighted by atomic mass is 16.5. The van der Waals surface area contributed by atoms with E-state index < -0.39 is 5.97 Å². The lowest BCUT2D eigenvalue weighted by Gasteiger charge is -2.05. The highest BCUT2D eigenvalue weighted by molar-refractivity contribution is 5.88. The minimum Gasteiger partial charge on any atom is -0.478 e. The van der Waals surface area contributed by atoms with Crippen LogP contribution in [-0.4, -0.2) is 36.2 Å². The van der Waals surface area contributed by atoms with Crippen LogP contribution in [-0.2, 0) is 6.54 Å². The van der Waals surface area contributed by atoms with Crippen LogP contribution in [0.2, 0.25) is 0 Å². The summed E-state index contributed by atoms with van der Waals surface area (Å²) in [6.07, 6.45) is 7.64. The number of anilines is 1. The topological polar surface area (TPSA) is 127 Å². The lowest BCUT2D eigenvalue weighted by Crippen LogP contribution is -2.06. The van der Waals surface area contributed by atoms with Gasteiger partial charge in [-0.25, -0.2) is 14.8 Å². The predicted octanol–water partition coefficient (Wildman–Crippen LogP) is 2.89. The number of aromatic carboxylic acids is 1. The summed E-state index contributed by atoms with van der Waals surface area (Å²) in [6.45, 7) is 0.336. The molecule has 138 valence electrons. The molecule has 0 atom stereocenters. The number of rotatable bonds is 6. The zero-order valence-corrected chi connectivity index (χ0v) is 14.5. The average molecular weight is 366 g/mol. The fourth-order valence-corrected chi connectivity index (χ4v) is 3.13. The van der Waals surface area contributed by atoms with Crippen LogP contribution in [0.1, 0.15) is 53.7 Å². The van der Waals surface area contributed by atoms with E-state index in [2.05, 4.69) is 30.4 Å². The number of pyridine rings is 1. The molecule has 3 aromatic heterocycles.